The molecular formula is C21H36IN3O3. The van der Waals surface area contributed by atoms with Gasteiger partial charge in [-0.05, 0) is 49.8 Å². The molecule has 1 aliphatic rings. The molecule has 1 aliphatic carbocycles. The minimum absolute atomic E-state index is 0. The fraction of sp³-hybridized carbons (Fsp3) is 0.667. The van der Waals surface area contributed by atoms with E-state index in [0.717, 1.165) is 38.0 Å². The molecule has 1 aromatic carbocycles. The van der Waals surface area contributed by atoms with Gasteiger partial charge >= 0.3 is 0 Å². The minimum atomic E-state index is 0. The Labute approximate surface area is 186 Å². The maximum atomic E-state index is 5.95. The standard InChI is InChI=1S/C21H35N3O3.HI/c1-25-19-12-11-17(15-20(19)26-2)16-24-21(22)23-13-7-4-8-14-27-18-9-5-3-6-10-18;/h11-12,15,18H,3-10,13-14,16H2,1-2H3,(H3,22,23,24);1H. The Balaban J connectivity index is 0.00000392. The van der Waals surface area contributed by atoms with Crippen LogP contribution in [0.2, 0.25) is 0 Å². The molecule has 3 N–H and O–H groups in total. The topological polar surface area (TPSA) is 78.1 Å². The van der Waals surface area contributed by atoms with Crippen LogP contribution in [0, 0.1) is 0 Å². The van der Waals surface area contributed by atoms with Crippen molar-refractivity contribution in [1.82, 2.24) is 5.32 Å². The van der Waals surface area contributed by atoms with Crippen molar-refractivity contribution >= 4 is 29.9 Å². The summed E-state index contributed by atoms with van der Waals surface area (Å²) in [4.78, 5) is 4.38. The van der Waals surface area contributed by atoms with Gasteiger partial charge in [-0.25, -0.2) is 4.99 Å². The van der Waals surface area contributed by atoms with E-state index in [4.69, 9.17) is 19.9 Å². The van der Waals surface area contributed by atoms with E-state index >= 15 is 0 Å². The third-order valence-corrected chi connectivity index (χ3v) is 4.91. The Morgan fingerprint density at radius 2 is 1.82 bits per heavy atom. The Morgan fingerprint density at radius 3 is 2.54 bits per heavy atom. The third-order valence-electron chi connectivity index (χ3n) is 4.91. The lowest BCUT2D eigenvalue weighted by Gasteiger charge is -2.21. The summed E-state index contributed by atoms with van der Waals surface area (Å²) in [5.74, 6) is 1.89. The van der Waals surface area contributed by atoms with E-state index in [-0.39, 0.29) is 24.0 Å². The highest BCUT2D eigenvalue weighted by molar-refractivity contribution is 14.0. The molecule has 0 unspecified atom stereocenters. The first-order valence-corrected chi connectivity index (χ1v) is 10.1. The van der Waals surface area contributed by atoms with Gasteiger partial charge in [0, 0.05) is 13.2 Å². The zero-order valence-corrected chi connectivity index (χ0v) is 19.6. The number of hydrogen-bond acceptors (Lipinski definition) is 4. The molecule has 6 nitrogen and oxygen atoms in total. The Kier molecular flexibility index (Phi) is 13.1. The summed E-state index contributed by atoms with van der Waals surface area (Å²) in [6.07, 6.45) is 10.4. The zero-order valence-electron chi connectivity index (χ0n) is 17.2. The first-order chi connectivity index (χ1) is 13.2. The molecule has 1 saturated carbocycles. The van der Waals surface area contributed by atoms with Crippen LogP contribution >= 0.6 is 24.0 Å². The third kappa shape index (κ3) is 9.32. The molecule has 0 aromatic heterocycles. The van der Waals surface area contributed by atoms with Gasteiger partial charge in [0.15, 0.2) is 17.5 Å². The number of rotatable bonds is 11. The fourth-order valence-corrected chi connectivity index (χ4v) is 3.31. The van der Waals surface area contributed by atoms with Gasteiger partial charge in [-0.3, -0.25) is 0 Å². The predicted molar refractivity (Wildman–Crippen MR) is 125 cm³/mol. The minimum Gasteiger partial charge on any atom is -0.493 e. The number of nitrogens with zero attached hydrogens (tertiary/aromatic N) is 1. The Bertz CT molecular complexity index is 578. The van der Waals surface area contributed by atoms with Crippen LogP contribution in [0.15, 0.2) is 23.2 Å². The molecule has 0 bridgehead atoms. The highest BCUT2D eigenvalue weighted by atomic mass is 127. The van der Waals surface area contributed by atoms with Crippen LogP contribution in [0.5, 0.6) is 11.5 Å². The van der Waals surface area contributed by atoms with Crippen LogP contribution in [0.4, 0.5) is 0 Å². The van der Waals surface area contributed by atoms with Gasteiger partial charge in [-0.2, -0.15) is 0 Å². The number of benzene rings is 1. The molecular weight excluding hydrogens is 469 g/mol. The number of aliphatic imine (C=N–C) groups is 1. The number of guanidine groups is 1. The summed E-state index contributed by atoms with van der Waals surface area (Å²) in [6.45, 7) is 2.23. The Hall–Kier alpha value is -1.22. The van der Waals surface area contributed by atoms with Gasteiger partial charge in [0.1, 0.15) is 0 Å². The van der Waals surface area contributed by atoms with Crippen molar-refractivity contribution in [2.45, 2.75) is 64.0 Å². The van der Waals surface area contributed by atoms with E-state index in [1.807, 2.05) is 18.2 Å². The summed E-state index contributed by atoms with van der Waals surface area (Å²) in [5.41, 5.74) is 6.97. The molecule has 0 radical (unpaired) electrons. The second-order valence-corrected chi connectivity index (χ2v) is 7.01. The summed E-state index contributed by atoms with van der Waals surface area (Å²) in [5, 5.41) is 3.18. The number of nitrogens with one attached hydrogen (secondary N) is 1. The monoisotopic (exact) mass is 505 g/mol. The average molecular weight is 505 g/mol. The van der Waals surface area contributed by atoms with E-state index in [9.17, 15) is 0 Å². The molecule has 7 heteroatoms. The van der Waals surface area contributed by atoms with Crippen LogP contribution < -0.4 is 20.5 Å². The maximum absolute atomic E-state index is 5.95. The summed E-state index contributed by atoms with van der Waals surface area (Å²) < 4.78 is 16.5. The predicted octanol–water partition coefficient (Wildman–Crippen LogP) is 4.25. The molecule has 0 amide bonds. The molecule has 1 aromatic rings. The van der Waals surface area contributed by atoms with Gasteiger partial charge in [-0.1, -0.05) is 25.3 Å². The van der Waals surface area contributed by atoms with Crippen LogP contribution in [0.3, 0.4) is 0 Å². The molecule has 160 valence electrons. The van der Waals surface area contributed by atoms with Crippen molar-refractivity contribution in [2.24, 2.45) is 10.7 Å². The lowest BCUT2D eigenvalue weighted by molar-refractivity contribution is 0.0264. The number of hydrogen-bond donors (Lipinski definition) is 2. The van der Waals surface area contributed by atoms with Crippen molar-refractivity contribution in [3.8, 4) is 11.5 Å². The molecule has 1 fully saturated rings. The van der Waals surface area contributed by atoms with Gasteiger partial charge in [-0.15, -0.1) is 24.0 Å². The van der Waals surface area contributed by atoms with E-state index < -0.39 is 0 Å². The van der Waals surface area contributed by atoms with E-state index in [2.05, 4.69) is 10.3 Å². The van der Waals surface area contributed by atoms with Crippen molar-refractivity contribution in [2.75, 3.05) is 27.4 Å². The molecule has 2 rings (SSSR count). The van der Waals surface area contributed by atoms with Crippen LogP contribution in [0.1, 0.15) is 56.9 Å². The van der Waals surface area contributed by atoms with Gasteiger partial charge in [0.25, 0.3) is 0 Å². The smallest absolute Gasteiger partial charge is 0.188 e. The summed E-state index contributed by atoms with van der Waals surface area (Å²) in [6, 6.07) is 5.76. The van der Waals surface area contributed by atoms with Crippen LogP contribution in [0.25, 0.3) is 0 Å². The lowest BCUT2D eigenvalue weighted by Crippen LogP contribution is -2.32. The van der Waals surface area contributed by atoms with E-state index in [0.29, 0.717) is 30.1 Å². The average Bonchev–Trinajstić information content (AvgIpc) is 2.72. The van der Waals surface area contributed by atoms with E-state index in [1.165, 1.54) is 32.1 Å². The second kappa shape index (κ2) is 14.7. The number of methoxy groups -OCH3 is 2. The van der Waals surface area contributed by atoms with E-state index in [1.54, 1.807) is 14.2 Å². The molecule has 0 heterocycles. The van der Waals surface area contributed by atoms with Crippen molar-refractivity contribution in [3.63, 3.8) is 0 Å². The number of nitrogens with two attached hydrogens (primary N) is 1. The van der Waals surface area contributed by atoms with Crippen molar-refractivity contribution in [3.05, 3.63) is 23.8 Å². The summed E-state index contributed by atoms with van der Waals surface area (Å²) >= 11 is 0. The molecule has 0 aliphatic heterocycles. The quantitative estimate of drug-likeness (QED) is 0.204. The highest BCUT2D eigenvalue weighted by Crippen LogP contribution is 2.27. The first kappa shape index (κ1) is 24.8. The number of unbranched alkanes of at least 4 members (excludes halogenated alkanes) is 2. The van der Waals surface area contributed by atoms with Crippen molar-refractivity contribution < 1.29 is 14.2 Å². The number of halogens is 1. The first-order valence-electron chi connectivity index (χ1n) is 10.1. The normalized spacial score (nSPS) is 15.0. The van der Waals surface area contributed by atoms with Crippen LogP contribution in [-0.4, -0.2) is 39.4 Å². The molecule has 0 atom stereocenters. The highest BCUT2D eigenvalue weighted by Gasteiger charge is 2.12. The van der Waals surface area contributed by atoms with Crippen molar-refractivity contribution in [1.29, 1.82) is 0 Å². The van der Waals surface area contributed by atoms with Crippen LogP contribution in [-0.2, 0) is 11.3 Å². The summed E-state index contributed by atoms with van der Waals surface area (Å²) in [7, 11) is 3.25. The van der Waals surface area contributed by atoms with Gasteiger partial charge in [0.05, 0.1) is 26.9 Å². The Morgan fingerprint density at radius 1 is 1.07 bits per heavy atom. The maximum Gasteiger partial charge on any atom is 0.188 e. The largest absolute Gasteiger partial charge is 0.493 e. The van der Waals surface area contributed by atoms with Gasteiger partial charge in [0.2, 0.25) is 0 Å². The van der Waals surface area contributed by atoms with Gasteiger partial charge < -0.3 is 25.3 Å². The fourth-order valence-electron chi connectivity index (χ4n) is 3.31. The molecule has 0 saturated heterocycles. The molecule has 0 spiro atoms. The second-order valence-electron chi connectivity index (χ2n) is 7.01. The lowest BCUT2D eigenvalue weighted by atomic mass is 9.98. The zero-order chi connectivity index (χ0) is 19.3. The SMILES string of the molecule is COc1ccc(CN=C(N)NCCCCCOC2CCCCC2)cc1OC.I. The number of ether oxygens (including phenoxy) is 3. The molecule has 28 heavy (non-hydrogen) atoms.